The molecule has 3 heteroatoms. The number of amides is 1. The van der Waals surface area contributed by atoms with Crippen LogP contribution in [-0.2, 0) is 11.3 Å². The highest BCUT2D eigenvalue weighted by Crippen LogP contribution is 2.44. The van der Waals surface area contributed by atoms with E-state index in [0.29, 0.717) is 5.92 Å². The van der Waals surface area contributed by atoms with Gasteiger partial charge in [0, 0.05) is 17.6 Å². The summed E-state index contributed by atoms with van der Waals surface area (Å²) in [4.78, 5) is 12.8. The molecule has 0 heterocycles. The SMILES string of the molecule is CNCc1ccc(NC(=O)C2(CC(C)C)CCCC2)cc1. The number of carbonyl (C=O) groups excluding carboxylic acids is 1. The predicted octanol–water partition coefficient (Wildman–Crippen LogP) is 3.95. The molecule has 1 fully saturated rings. The summed E-state index contributed by atoms with van der Waals surface area (Å²) >= 11 is 0. The highest BCUT2D eigenvalue weighted by Gasteiger charge is 2.41. The maximum atomic E-state index is 12.8. The van der Waals surface area contributed by atoms with Crippen molar-refractivity contribution < 1.29 is 4.79 Å². The molecule has 1 aromatic rings. The van der Waals surface area contributed by atoms with E-state index in [1.165, 1.54) is 18.4 Å². The molecule has 1 amide bonds. The van der Waals surface area contributed by atoms with E-state index in [0.717, 1.165) is 31.5 Å². The van der Waals surface area contributed by atoms with E-state index in [1.54, 1.807) is 0 Å². The minimum atomic E-state index is -0.141. The van der Waals surface area contributed by atoms with E-state index in [1.807, 2.05) is 19.2 Å². The molecule has 21 heavy (non-hydrogen) atoms. The minimum Gasteiger partial charge on any atom is -0.326 e. The van der Waals surface area contributed by atoms with Gasteiger partial charge in [-0.3, -0.25) is 4.79 Å². The Kier molecular flexibility index (Phi) is 5.40. The number of hydrogen-bond donors (Lipinski definition) is 2. The number of nitrogens with one attached hydrogen (secondary N) is 2. The van der Waals surface area contributed by atoms with Crippen molar-refractivity contribution in [1.29, 1.82) is 0 Å². The summed E-state index contributed by atoms with van der Waals surface area (Å²) in [6.45, 7) is 5.27. The van der Waals surface area contributed by atoms with Crippen molar-refractivity contribution in [2.45, 2.75) is 52.5 Å². The molecule has 0 spiro atoms. The third-order valence-corrected chi connectivity index (χ3v) is 4.43. The van der Waals surface area contributed by atoms with Crippen molar-refractivity contribution in [2.75, 3.05) is 12.4 Å². The van der Waals surface area contributed by atoms with E-state index in [9.17, 15) is 4.79 Å². The number of anilines is 1. The van der Waals surface area contributed by atoms with E-state index < -0.39 is 0 Å². The molecule has 1 aliphatic rings. The second-order valence-corrected chi connectivity index (χ2v) is 6.77. The van der Waals surface area contributed by atoms with E-state index >= 15 is 0 Å². The molecular weight excluding hydrogens is 260 g/mol. The number of carbonyl (C=O) groups is 1. The molecule has 116 valence electrons. The van der Waals surface area contributed by atoms with Crippen molar-refractivity contribution in [1.82, 2.24) is 5.32 Å². The van der Waals surface area contributed by atoms with Crippen LogP contribution in [0, 0.1) is 11.3 Å². The lowest BCUT2D eigenvalue weighted by atomic mass is 9.77. The summed E-state index contributed by atoms with van der Waals surface area (Å²) in [6, 6.07) is 8.14. The molecule has 0 bridgehead atoms. The normalized spacial score (nSPS) is 17.1. The fourth-order valence-electron chi connectivity index (χ4n) is 3.53. The predicted molar refractivity (Wildman–Crippen MR) is 88.2 cm³/mol. The molecule has 3 nitrogen and oxygen atoms in total. The van der Waals surface area contributed by atoms with Crippen LogP contribution in [0.3, 0.4) is 0 Å². The van der Waals surface area contributed by atoms with Crippen molar-refractivity contribution in [3.8, 4) is 0 Å². The summed E-state index contributed by atoms with van der Waals surface area (Å²) in [5.74, 6) is 0.780. The van der Waals surface area contributed by atoms with Crippen LogP contribution in [0.15, 0.2) is 24.3 Å². The van der Waals surface area contributed by atoms with E-state index in [2.05, 4.69) is 36.6 Å². The number of hydrogen-bond acceptors (Lipinski definition) is 2. The van der Waals surface area contributed by atoms with Crippen molar-refractivity contribution in [3.63, 3.8) is 0 Å². The fourth-order valence-corrected chi connectivity index (χ4v) is 3.53. The summed E-state index contributed by atoms with van der Waals surface area (Å²) < 4.78 is 0. The third-order valence-electron chi connectivity index (χ3n) is 4.43. The molecule has 0 saturated heterocycles. The highest BCUT2D eigenvalue weighted by atomic mass is 16.2. The topological polar surface area (TPSA) is 41.1 Å². The van der Waals surface area contributed by atoms with Gasteiger partial charge >= 0.3 is 0 Å². The maximum absolute atomic E-state index is 12.8. The van der Waals surface area contributed by atoms with Crippen molar-refractivity contribution in [3.05, 3.63) is 29.8 Å². The molecule has 1 saturated carbocycles. The monoisotopic (exact) mass is 288 g/mol. The first kappa shape index (κ1) is 16.0. The number of benzene rings is 1. The summed E-state index contributed by atoms with van der Waals surface area (Å²) in [7, 11) is 1.94. The Morgan fingerprint density at radius 2 is 1.81 bits per heavy atom. The van der Waals surface area contributed by atoms with E-state index in [-0.39, 0.29) is 11.3 Å². The lowest BCUT2D eigenvalue weighted by molar-refractivity contribution is -0.126. The summed E-state index contributed by atoms with van der Waals surface area (Å²) in [6.07, 6.45) is 5.43. The van der Waals surface area contributed by atoms with Crippen LogP contribution in [0.4, 0.5) is 5.69 Å². The molecular formula is C18H28N2O. The van der Waals surface area contributed by atoms with Gasteiger partial charge in [-0.1, -0.05) is 38.8 Å². The van der Waals surface area contributed by atoms with Gasteiger partial charge in [0.1, 0.15) is 0 Å². The van der Waals surface area contributed by atoms with Crippen LogP contribution in [0.2, 0.25) is 0 Å². The molecule has 1 aromatic carbocycles. The van der Waals surface area contributed by atoms with Gasteiger partial charge in [-0.2, -0.15) is 0 Å². The molecule has 0 aromatic heterocycles. The second kappa shape index (κ2) is 7.08. The minimum absolute atomic E-state index is 0.141. The Morgan fingerprint density at radius 1 is 1.19 bits per heavy atom. The van der Waals surface area contributed by atoms with Crippen LogP contribution in [0.5, 0.6) is 0 Å². The van der Waals surface area contributed by atoms with Gasteiger partial charge in [0.15, 0.2) is 0 Å². The van der Waals surface area contributed by atoms with Gasteiger partial charge < -0.3 is 10.6 Å². The smallest absolute Gasteiger partial charge is 0.230 e. The molecule has 0 atom stereocenters. The maximum Gasteiger partial charge on any atom is 0.230 e. The quantitative estimate of drug-likeness (QED) is 0.832. The average Bonchev–Trinajstić information content (AvgIpc) is 2.90. The summed E-state index contributed by atoms with van der Waals surface area (Å²) in [5.41, 5.74) is 2.00. The van der Waals surface area contributed by atoms with Gasteiger partial charge in [-0.05, 0) is 49.9 Å². The Labute approximate surface area is 128 Å². The van der Waals surface area contributed by atoms with Crippen LogP contribution in [0.25, 0.3) is 0 Å². The Balaban J connectivity index is 2.04. The highest BCUT2D eigenvalue weighted by molar-refractivity contribution is 5.95. The molecule has 1 aliphatic carbocycles. The standard InChI is InChI=1S/C18H28N2O/c1-14(2)12-18(10-4-5-11-18)17(21)20-16-8-6-15(7-9-16)13-19-3/h6-9,14,19H,4-5,10-13H2,1-3H3,(H,20,21). The van der Waals surface area contributed by atoms with Gasteiger partial charge in [-0.15, -0.1) is 0 Å². The third kappa shape index (κ3) is 4.07. The fraction of sp³-hybridized carbons (Fsp3) is 0.611. The zero-order chi connectivity index (χ0) is 15.3. The molecule has 2 rings (SSSR count). The lowest BCUT2D eigenvalue weighted by Gasteiger charge is -2.29. The molecule has 0 aliphatic heterocycles. The Morgan fingerprint density at radius 3 is 2.33 bits per heavy atom. The van der Waals surface area contributed by atoms with Crippen molar-refractivity contribution in [2.24, 2.45) is 11.3 Å². The van der Waals surface area contributed by atoms with Gasteiger partial charge in [0.05, 0.1) is 0 Å². The van der Waals surface area contributed by atoms with Crippen LogP contribution in [-0.4, -0.2) is 13.0 Å². The first-order chi connectivity index (χ1) is 10.1. The molecule has 2 N–H and O–H groups in total. The Bertz CT molecular complexity index is 459. The first-order valence-corrected chi connectivity index (χ1v) is 8.11. The number of rotatable bonds is 6. The zero-order valence-electron chi connectivity index (χ0n) is 13.5. The molecule has 0 unspecified atom stereocenters. The largest absolute Gasteiger partial charge is 0.326 e. The van der Waals surface area contributed by atoms with Crippen LogP contribution in [0.1, 0.15) is 51.5 Å². The van der Waals surface area contributed by atoms with Gasteiger partial charge in [0.2, 0.25) is 5.91 Å². The van der Waals surface area contributed by atoms with Gasteiger partial charge in [-0.25, -0.2) is 0 Å². The lowest BCUT2D eigenvalue weighted by Crippen LogP contribution is -2.35. The first-order valence-electron chi connectivity index (χ1n) is 8.11. The van der Waals surface area contributed by atoms with Crippen LogP contribution < -0.4 is 10.6 Å². The van der Waals surface area contributed by atoms with Crippen LogP contribution >= 0.6 is 0 Å². The zero-order valence-corrected chi connectivity index (χ0v) is 13.5. The average molecular weight is 288 g/mol. The Hall–Kier alpha value is -1.35. The molecule has 0 radical (unpaired) electrons. The second-order valence-electron chi connectivity index (χ2n) is 6.77. The summed E-state index contributed by atoms with van der Waals surface area (Å²) in [5, 5.41) is 6.27. The van der Waals surface area contributed by atoms with Crippen molar-refractivity contribution >= 4 is 11.6 Å². The van der Waals surface area contributed by atoms with Gasteiger partial charge in [0.25, 0.3) is 0 Å². The van der Waals surface area contributed by atoms with E-state index in [4.69, 9.17) is 0 Å².